The first-order chi connectivity index (χ1) is 10.6. The van der Waals surface area contributed by atoms with Crippen molar-refractivity contribution in [2.24, 2.45) is 5.73 Å². The average molecular weight is 304 g/mol. The molecule has 1 aromatic rings. The van der Waals surface area contributed by atoms with E-state index in [9.17, 15) is 9.59 Å². The smallest absolute Gasteiger partial charge is 0.267 e. The molecule has 0 spiro atoms. The van der Waals surface area contributed by atoms with Gasteiger partial charge in [0.2, 0.25) is 12.0 Å². The first kappa shape index (κ1) is 14.7. The van der Waals surface area contributed by atoms with Crippen LogP contribution in [0.3, 0.4) is 0 Å². The van der Waals surface area contributed by atoms with Crippen LogP contribution in [0, 0.1) is 0 Å². The number of rotatable bonds is 4. The number of hydrogen-bond acceptors (Lipinski definition) is 4. The standard InChI is InChI=1S/C16H20N2O4/c17-15(19)9-18(11-5-1-2-6-11)16(20)14-10-21-12-7-3-4-8-13(12)22-14/h3-4,7-8,11,14H,1-2,5-6,9-10H2,(H2,17,19)/t14-/m0/s1. The summed E-state index contributed by atoms with van der Waals surface area (Å²) in [5, 5.41) is 0. The second-order valence-electron chi connectivity index (χ2n) is 5.73. The van der Waals surface area contributed by atoms with Crippen LogP contribution in [0.1, 0.15) is 25.7 Å². The minimum absolute atomic E-state index is 0.0645. The normalized spacial score (nSPS) is 20.6. The van der Waals surface area contributed by atoms with E-state index in [0.29, 0.717) is 11.5 Å². The van der Waals surface area contributed by atoms with Gasteiger partial charge in [0, 0.05) is 6.04 Å². The minimum atomic E-state index is -0.727. The van der Waals surface area contributed by atoms with E-state index in [2.05, 4.69) is 0 Å². The summed E-state index contributed by atoms with van der Waals surface area (Å²) in [5.41, 5.74) is 5.30. The summed E-state index contributed by atoms with van der Waals surface area (Å²) >= 11 is 0. The average Bonchev–Trinajstić information content (AvgIpc) is 3.05. The SMILES string of the molecule is NC(=O)CN(C(=O)[C@@H]1COc2ccccc2O1)C1CCCC1. The third-order valence-electron chi connectivity index (χ3n) is 4.16. The van der Waals surface area contributed by atoms with Gasteiger partial charge in [0.25, 0.3) is 5.91 Å². The van der Waals surface area contributed by atoms with Gasteiger partial charge >= 0.3 is 0 Å². The summed E-state index contributed by atoms with van der Waals surface area (Å²) < 4.78 is 11.3. The number of primary amides is 1. The lowest BCUT2D eigenvalue weighted by Crippen LogP contribution is -2.52. The third-order valence-corrected chi connectivity index (χ3v) is 4.16. The predicted octanol–water partition coefficient (Wildman–Crippen LogP) is 1.08. The van der Waals surface area contributed by atoms with Gasteiger partial charge in [0.15, 0.2) is 11.5 Å². The molecule has 118 valence electrons. The summed E-state index contributed by atoms with van der Waals surface area (Å²) in [5.74, 6) is 0.462. The Morgan fingerprint density at radius 2 is 1.86 bits per heavy atom. The van der Waals surface area contributed by atoms with E-state index in [0.717, 1.165) is 25.7 Å². The van der Waals surface area contributed by atoms with Gasteiger partial charge in [-0.3, -0.25) is 9.59 Å². The van der Waals surface area contributed by atoms with Crippen LogP contribution in [0.25, 0.3) is 0 Å². The molecule has 1 aliphatic heterocycles. The topological polar surface area (TPSA) is 81.9 Å². The van der Waals surface area contributed by atoms with Crippen LogP contribution in [0.4, 0.5) is 0 Å². The monoisotopic (exact) mass is 304 g/mol. The molecule has 0 saturated heterocycles. The fraction of sp³-hybridized carbons (Fsp3) is 0.500. The molecule has 1 atom stereocenters. The maximum atomic E-state index is 12.7. The van der Waals surface area contributed by atoms with Gasteiger partial charge < -0.3 is 20.1 Å². The number of para-hydroxylation sites is 2. The largest absolute Gasteiger partial charge is 0.485 e. The number of carbonyl (C=O) groups is 2. The van der Waals surface area contributed by atoms with Crippen LogP contribution in [0.15, 0.2) is 24.3 Å². The lowest BCUT2D eigenvalue weighted by molar-refractivity contribution is -0.146. The van der Waals surface area contributed by atoms with Crippen LogP contribution < -0.4 is 15.2 Å². The summed E-state index contributed by atoms with van der Waals surface area (Å²) in [7, 11) is 0. The number of benzene rings is 1. The van der Waals surface area contributed by atoms with Crippen LogP contribution >= 0.6 is 0 Å². The minimum Gasteiger partial charge on any atom is -0.485 e. The zero-order valence-electron chi connectivity index (χ0n) is 12.4. The Hall–Kier alpha value is -2.24. The lowest BCUT2D eigenvalue weighted by atomic mass is 10.1. The van der Waals surface area contributed by atoms with Crippen LogP contribution in [0.5, 0.6) is 11.5 Å². The third kappa shape index (κ3) is 3.00. The molecule has 6 nitrogen and oxygen atoms in total. The van der Waals surface area contributed by atoms with Gasteiger partial charge in [0.1, 0.15) is 6.61 Å². The molecule has 0 bridgehead atoms. The van der Waals surface area contributed by atoms with E-state index >= 15 is 0 Å². The van der Waals surface area contributed by atoms with E-state index in [4.69, 9.17) is 15.2 Å². The van der Waals surface area contributed by atoms with Crippen molar-refractivity contribution < 1.29 is 19.1 Å². The highest BCUT2D eigenvalue weighted by Crippen LogP contribution is 2.32. The van der Waals surface area contributed by atoms with Crippen LogP contribution in [-0.2, 0) is 9.59 Å². The van der Waals surface area contributed by atoms with Gasteiger partial charge in [-0.2, -0.15) is 0 Å². The van der Waals surface area contributed by atoms with Gasteiger partial charge in [0.05, 0.1) is 6.54 Å². The molecular formula is C16H20N2O4. The Balaban J connectivity index is 1.74. The molecule has 2 N–H and O–H groups in total. The number of hydrogen-bond donors (Lipinski definition) is 1. The van der Waals surface area contributed by atoms with Crippen molar-refractivity contribution in [2.45, 2.75) is 37.8 Å². The molecular weight excluding hydrogens is 284 g/mol. The van der Waals surface area contributed by atoms with Crippen molar-refractivity contribution >= 4 is 11.8 Å². The molecule has 6 heteroatoms. The summed E-state index contributed by atoms with van der Waals surface area (Å²) in [4.78, 5) is 25.6. The first-order valence-corrected chi connectivity index (χ1v) is 7.62. The maximum absolute atomic E-state index is 12.7. The van der Waals surface area contributed by atoms with Gasteiger partial charge in [-0.1, -0.05) is 25.0 Å². The number of ether oxygens (including phenoxy) is 2. The van der Waals surface area contributed by atoms with Crippen LogP contribution in [0.2, 0.25) is 0 Å². The molecule has 1 aromatic carbocycles. The summed E-state index contributed by atoms with van der Waals surface area (Å²) in [6, 6.07) is 7.31. The predicted molar refractivity (Wildman–Crippen MR) is 79.5 cm³/mol. The molecule has 1 heterocycles. The number of carbonyl (C=O) groups excluding carboxylic acids is 2. The summed E-state index contributed by atoms with van der Waals surface area (Å²) in [6.07, 6.45) is 3.22. The van der Waals surface area contributed by atoms with Crippen molar-refractivity contribution in [3.63, 3.8) is 0 Å². The van der Waals surface area contributed by atoms with Gasteiger partial charge in [-0.15, -0.1) is 0 Å². The highest BCUT2D eigenvalue weighted by Gasteiger charge is 2.35. The van der Waals surface area contributed by atoms with Crippen LogP contribution in [-0.4, -0.2) is 42.0 Å². The molecule has 0 aromatic heterocycles. The molecule has 1 saturated carbocycles. The Bertz CT molecular complexity index is 569. The Labute approximate surface area is 129 Å². The molecule has 3 rings (SSSR count). The van der Waals surface area contributed by atoms with E-state index in [1.165, 1.54) is 0 Å². The van der Waals surface area contributed by atoms with Crippen molar-refractivity contribution in [2.75, 3.05) is 13.2 Å². The lowest BCUT2D eigenvalue weighted by Gasteiger charge is -2.33. The number of nitrogens with two attached hydrogens (primary N) is 1. The molecule has 1 aliphatic carbocycles. The fourth-order valence-corrected chi connectivity index (χ4v) is 3.10. The van der Waals surface area contributed by atoms with E-state index in [1.807, 2.05) is 12.1 Å². The number of nitrogens with zero attached hydrogens (tertiary/aromatic N) is 1. The van der Waals surface area contributed by atoms with Gasteiger partial charge in [-0.25, -0.2) is 0 Å². The molecule has 2 amide bonds. The maximum Gasteiger partial charge on any atom is 0.267 e. The fourth-order valence-electron chi connectivity index (χ4n) is 3.10. The van der Waals surface area contributed by atoms with E-state index in [-0.39, 0.29) is 25.1 Å². The Kier molecular flexibility index (Phi) is 4.18. The zero-order chi connectivity index (χ0) is 15.5. The van der Waals surface area contributed by atoms with Crippen molar-refractivity contribution in [1.82, 2.24) is 4.90 Å². The first-order valence-electron chi connectivity index (χ1n) is 7.62. The molecule has 0 radical (unpaired) electrons. The van der Waals surface area contributed by atoms with Gasteiger partial charge in [-0.05, 0) is 25.0 Å². The molecule has 0 unspecified atom stereocenters. The molecule has 2 aliphatic rings. The van der Waals surface area contributed by atoms with Crippen molar-refractivity contribution in [1.29, 1.82) is 0 Å². The second-order valence-corrected chi connectivity index (χ2v) is 5.73. The van der Waals surface area contributed by atoms with Crippen molar-refractivity contribution in [3.05, 3.63) is 24.3 Å². The Morgan fingerprint density at radius 1 is 1.18 bits per heavy atom. The number of amides is 2. The van der Waals surface area contributed by atoms with E-state index < -0.39 is 12.0 Å². The zero-order valence-corrected chi connectivity index (χ0v) is 12.4. The second kappa shape index (κ2) is 6.25. The molecule has 1 fully saturated rings. The quantitative estimate of drug-likeness (QED) is 0.902. The molecule has 22 heavy (non-hydrogen) atoms. The summed E-state index contributed by atoms with van der Waals surface area (Å²) in [6.45, 7) is 0.0861. The van der Waals surface area contributed by atoms with Crippen molar-refractivity contribution in [3.8, 4) is 11.5 Å². The Morgan fingerprint density at radius 3 is 2.55 bits per heavy atom. The van der Waals surface area contributed by atoms with E-state index in [1.54, 1.807) is 17.0 Å². The highest BCUT2D eigenvalue weighted by molar-refractivity contribution is 5.87. The highest BCUT2D eigenvalue weighted by atomic mass is 16.6. The number of fused-ring (bicyclic) bond motifs is 1.